The Bertz CT molecular complexity index is 308. The zero-order valence-corrected chi connectivity index (χ0v) is 8.34. The van der Waals surface area contributed by atoms with Gasteiger partial charge in [-0.05, 0) is 36.4 Å². The fraction of sp³-hybridized carbons (Fsp3) is 0.600. The monoisotopic (exact) mass is 200 g/mol. The maximum absolute atomic E-state index is 10.1. The maximum atomic E-state index is 10.1. The Hall–Kier alpha value is -0.470. The lowest BCUT2D eigenvalue weighted by Crippen LogP contribution is -2.07. The second-order valence-corrected chi connectivity index (χ2v) is 4.07. The van der Waals surface area contributed by atoms with Gasteiger partial charge in [-0.2, -0.15) is 0 Å². The predicted molar refractivity (Wildman–Crippen MR) is 50.6 cm³/mol. The number of halogens is 1. The largest absolute Gasteiger partial charge is 0.453 e. The van der Waals surface area contributed by atoms with Gasteiger partial charge in [0, 0.05) is 5.56 Å². The summed E-state index contributed by atoms with van der Waals surface area (Å²) in [5.41, 5.74) is 0.0627. The summed E-state index contributed by atoms with van der Waals surface area (Å²) in [6.45, 7) is 2.12. The van der Waals surface area contributed by atoms with Crippen LogP contribution in [0.15, 0.2) is 16.7 Å². The second-order valence-electron chi connectivity index (χ2n) is 3.72. The van der Waals surface area contributed by atoms with Gasteiger partial charge < -0.3 is 9.52 Å². The van der Waals surface area contributed by atoms with Gasteiger partial charge in [0.15, 0.2) is 5.22 Å². The van der Waals surface area contributed by atoms with Gasteiger partial charge in [-0.25, -0.2) is 0 Å². The zero-order chi connectivity index (χ0) is 9.47. The quantitative estimate of drug-likeness (QED) is 0.814. The molecule has 1 fully saturated rings. The molecule has 0 spiro atoms. The third kappa shape index (κ3) is 1.38. The molecule has 1 aromatic heterocycles. The molecule has 3 heteroatoms. The summed E-state index contributed by atoms with van der Waals surface area (Å²) >= 11 is 5.80. The molecule has 1 heterocycles. The Morgan fingerprint density at radius 3 is 3.08 bits per heavy atom. The zero-order valence-electron chi connectivity index (χ0n) is 7.59. The van der Waals surface area contributed by atoms with E-state index >= 15 is 0 Å². The molecule has 0 bridgehead atoms. The summed E-state index contributed by atoms with van der Waals surface area (Å²) in [4.78, 5) is 0. The standard InChI is InChI=1S/C10H13ClO2/c1-2-3-7-6-10(7,12)8-4-5-13-9(8)11/h4-5,7,12H,2-3,6H2,1H3. The fourth-order valence-corrected chi connectivity index (χ4v) is 2.22. The van der Waals surface area contributed by atoms with Crippen LogP contribution in [0.25, 0.3) is 0 Å². The lowest BCUT2D eigenvalue weighted by atomic mass is 10.1. The lowest BCUT2D eigenvalue weighted by Gasteiger charge is -2.07. The van der Waals surface area contributed by atoms with Crippen molar-refractivity contribution in [3.05, 3.63) is 23.1 Å². The van der Waals surface area contributed by atoms with Gasteiger partial charge in [0.2, 0.25) is 0 Å². The summed E-state index contributed by atoms with van der Waals surface area (Å²) in [7, 11) is 0. The van der Waals surface area contributed by atoms with Crippen molar-refractivity contribution in [2.24, 2.45) is 5.92 Å². The average Bonchev–Trinajstić information content (AvgIpc) is 2.56. The summed E-state index contributed by atoms with van der Waals surface area (Å²) in [6, 6.07) is 1.76. The van der Waals surface area contributed by atoms with Gasteiger partial charge >= 0.3 is 0 Å². The average molecular weight is 201 g/mol. The molecule has 0 saturated heterocycles. The molecule has 0 radical (unpaired) electrons. The van der Waals surface area contributed by atoms with E-state index in [0.717, 1.165) is 24.8 Å². The summed E-state index contributed by atoms with van der Waals surface area (Å²) in [5, 5.41) is 10.5. The van der Waals surface area contributed by atoms with E-state index in [4.69, 9.17) is 16.0 Å². The first-order chi connectivity index (χ1) is 6.18. The van der Waals surface area contributed by atoms with Crippen molar-refractivity contribution in [2.75, 3.05) is 0 Å². The summed E-state index contributed by atoms with van der Waals surface area (Å²) < 4.78 is 4.96. The third-order valence-electron chi connectivity index (χ3n) is 2.79. The molecule has 13 heavy (non-hydrogen) atoms. The Balaban J connectivity index is 2.15. The molecule has 0 amide bonds. The SMILES string of the molecule is CCCC1CC1(O)c1ccoc1Cl. The summed E-state index contributed by atoms with van der Waals surface area (Å²) in [6.07, 6.45) is 4.50. The molecule has 2 atom stereocenters. The molecule has 1 N–H and O–H groups in total. The molecule has 0 aliphatic heterocycles. The van der Waals surface area contributed by atoms with Crippen LogP contribution < -0.4 is 0 Å². The van der Waals surface area contributed by atoms with Gasteiger partial charge in [-0.15, -0.1) is 0 Å². The highest BCUT2D eigenvalue weighted by atomic mass is 35.5. The van der Waals surface area contributed by atoms with Crippen molar-refractivity contribution < 1.29 is 9.52 Å². The maximum Gasteiger partial charge on any atom is 0.199 e. The molecule has 1 saturated carbocycles. The Morgan fingerprint density at radius 2 is 2.54 bits per heavy atom. The molecule has 0 aromatic carbocycles. The minimum Gasteiger partial charge on any atom is -0.453 e. The minimum atomic E-state index is -0.694. The molecular weight excluding hydrogens is 188 g/mol. The van der Waals surface area contributed by atoms with Gasteiger partial charge in [-0.3, -0.25) is 0 Å². The van der Waals surface area contributed by atoms with Gasteiger partial charge in [-0.1, -0.05) is 13.3 Å². The highest BCUT2D eigenvalue weighted by Gasteiger charge is 2.54. The smallest absolute Gasteiger partial charge is 0.199 e. The molecule has 2 rings (SSSR count). The van der Waals surface area contributed by atoms with Gasteiger partial charge in [0.25, 0.3) is 0 Å². The van der Waals surface area contributed by atoms with Crippen LogP contribution in [0.2, 0.25) is 5.22 Å². The number of aliphatic hydroxyl groups is 1. The number of hydrogen-bond donors (Lipinski definition) is 1. The van der Waals surface area contributed by atoms with Crippen molar-refractivity contribution in [3.8, 4) is 0 Å². The van der Waals surface area contributed by atoms with Crippen LogP contribution in [-0.4, -0.2) is 5.11 Å². The Morgan fingerprint density at radius 1 is 1.77 bits per heavy atom. The van der Waals surface area contributed by atoms with E-state index < -0.39 is 5.60 Å². The summed E-state index contributed by atoms with van der Waals surface area (Å²) in [5.74, 6) is 0.368. The molecule has 72 valence electrons. The van der Waals surface area contributed by atoms with E-state index in [2.05, 4.69) is 6.92 Å². The third-order valence-corrected chi connectivity index (χ3v) is 3.09. The predicted octanol–water partition coefficient (Wildman–Crippen LogP) is 2.94. The molecule has 1 aliphatic carbocycles. The van der Waals surface area contributed by atoms with E-state index in [1.54, 1.807) is 6.07 Å². The van der Waals surface area contributed by atoms with Crippen molar-refractivity contribution in [3.63, 3.8) is 0 Å². The first-order valence-electron chi connectivity index (χ1n) is 4.64. The molecular formula is C10H13ClO2. The number of hydrogen-bond acceptors (Lipinski definition) is 2. The Kier molecular flexibility index (Phi) is 2.12. The van der Waals surface area contributed by atoms with Crippen LogP contribution in [0.3, 0.4) is 0 Å². The number of rotatable bonds is 3. The van der Waals surface area contributed by atoms with Crippen LogP contribution in [0.4, 0.5) is 0 Å². The topological polar surface area (TPSA) is 33.4 Å². The Labute approximate surface area is 82.5 Å². The second kappa shape index (κ2) is 3.03. The van der Waals surface area contributed by atoms with Crippen LogP contribution in [0, 0.1) is 5.92 Å². The first-order valence-corrected chi connectivity index (χ1v) is 5.02. The van der Waals surface area contributed by atoms with Gasteiger partial charge in [0.1, 0.15) is 0 Å². The van der Waals surface area contributed by atoms with Crippen molar-refractivity contribution in [2.45, 2.75) is 31.8 Å². The van der Waals surface area contributed by atoms with Crippen molar-refractivity contribution in [1.29, 1.82) is 0 Å². The molecule has 2 nitrogen and oxygen atoms in total. The highest BCUT2D eigenvalue weighted by molar-refractivity contribution is 6.29. The van der Waals surface area contributed by atoms with E-state index in [0.29, 0.717) is 11.1 Å². The van der Waals surface area contributed by atoms with Crippen LogP contribution >= 0.6 is 11.6 Å². The first kappa shape index (κ1) is 9.10. The minimum absolute atomic E-state index is 0.334. The van der Waals surface area contributed by atoms with Crippen LogP contribution in [0.1, 0.15) is 31.7 Å². The van der Waals surface area contributed by atoms with Crippen LogP contribution in [-0.2, 0) is 5.60 Å². The van der Waals surface area contributed by atoms with E-state index in [9.17, 15) is 5.11 Å². The van der Waals surface area contributed by atoms with E-state index in [1.165, 1.54) is 6.26 Å². The normalized spacial score (nSPS) is 32.1. The van der Waals surface area contributed by atoms with E-state index in [-0.39, 0.29) is 0 Å². The van der Waals surface area contributed by atoms with E-state index in [1.807, 2.05) is 0 Å². The highest BCUT2D eigenvalue weighted by Crippen LogP contribution is 2.56. The van der Waals surface area contributed by atoms with Crippen LogP contribution in [0.5, 0.6) is 0 Å². The molecule has 1 aromatic rings. The van der Waals surface area contributed by atoms with Crippen molar-refractivity contribution in [1.82, 2.24) is 0 Å². The lowest BCUT2D eigenvalue weighted by molar-refractivity contribution is 0.128. The number of furan rings is 1. The van der Waals surface area contributed by atoms with Gasteiger partial charge in [0.05, 0.1) is 11.9 Å². The van der Waals surface area contributed by atoms with Crippen molar-refractivity contribution >= 4 is 11.6 Å². The molecule has 2 unspecified atom stereocenters. The fourth-order valence-electron chi connectivity index (χ4n) is 1.94. The molecule has 1 aliphatic rings.